The van der Waals surface area contributed by atoms with Gasteiger partial charge in [0.15, 0.2) is 0 Å². The average molecular weight is 236 g/mol. The molecule has 80 valence electrons. The van der Waals surface area contributed by atoms with Crippen molar-refractivity contribution in [3.05, 3.63) is 28.3 Å². The van der Waals surface area contributed by atoms with Crippen LogP contribution in [0.2, 0.25) is 5.02 Å². The Morgan fingerprint density at radius 3 is 2.40 bits per heavy atom. The summed E-state index contributed by atoms with van der Waals surface area (Å²) in [4.78, 5) is 13.2. The first kappa shape index (κ1) is 11.8. The first-order chi connectivity index (χ1) is 6.86. The molecule has 0 bridgehead atoms. The zero-order valence-corrected chi connectivity index (χ0v) is 8.28. The average Bonchev–Trinajstić information content (AvgIpc) is 2.09. The summed E-state index contributed by atoms with van der Waals surface area (Å²) in [6.45, 7) is 1.39. The van der Waals surface area contributed by atoms with Gasteiger partial charge in [-0.15, -0.1) is 0 Å². The highest BCUT2D eigenvalue weighted by molar-refractivity contribution is 6.33. The van der Waals surface area contributed by atoms with E-state index in [9.17, 15) is 18.0 Å². The van der Waals surface area contributed by atoms with Crippen molar-refractivity contribution in [2.75, 3.05) is 0 Å². The third-order valence-electron chi connectivity index (χ3n) is 1.74. The maximum absolute atomic E-state index is 12.3. The molecule has 0 fully saturated rings. The van der Waals surface area contributed by atoms with Crippen LogP contribution in [-0.2, 0) is 11.0 Å². The van der Waals surface area contributed by atoms with Crippen molar-refractivity contribution in [2.45, 2.75) is 13.1 Å². The number of alkyl halides is 3. The van der Waals surface area contributed by atoms with E-state index in [4.69, 9.17) is 11.6 Å². The second-order valence-electron chi connectivity index (χ2n) is 2.82. The number of benzene rings is 1. The molecule has 0 atom stereocenters. The number of carbonyl (C=O) groups excluding carboxylic acids is 1. The lowest BCUT2D eigenvalue weighted by molar-refractivity contribution is -0.137. The van der Waals surface area contributed by atoms with Crippen molar-refractivity contribution in [1.82, 2.24) is 0 Å². The molecule has 0 aliphatic carbocycles. The highest BCUT2D eigenvalue weighted by Gasteiger charge is 2.31. The smallest absolute Gasteiger partial charge is 0.211 e. The van der Waals surface area contributed by atoms with E-state index in [1.54, 1.807) is 0 Å². The Balaban J connectivity index is 3.38. The first-order valence-electron chi connectivity index (χ1n) is 3.81. The van der Waals surface area contributed by atoms with Gasteiger partial charge >= 0.3 is 6.18 Å². The van der Waals surface area contributed by atoms with Gasteiger partial charge in [-0.2, -0.15) is 18.2 Å². The normalized spacial score (nSPS) is 11.0. The van der Waals surface area contributed by atoms with Crippen molar-refractivity contribution in [1.29, 1.82) is 0 Å². The van der Waals surface area contributed by atoms with Crippen LogP contribution in [0.3, 0.4) is 0 Å². The van der Waals surface area contributed by atoms with Crippen LogP contribution < -0.4 is 0 Å². The molecular formula is C9H5ClF3NO. The third kappa shape index (κ3) is 2.58. The number of isocyanates is 1. The van der Waals surface area contributed by atoms with Gasteiger partial charge in [0.25, 0.3) is 0 Å². The molecule has 0 saturated carbocycles. The number of rotatable bonds is 1. The van der Waals surface area contributed by atoms with Gasteiger partial charge in [0.05, 0.1) is 16.3 Å². The Morgan fingerprint density at radius 2 is 2.00 bits per heavy atom. The highest BCUT2D eigenvalue weighted by Crippen LogP contribution is 2.36. The lowest BCUT2D eigenvalue weighted by atomic mass is 10.1. The zero-order valence-electron chi connectivity index (χ0n) is 7.52. The van der Waals surface area contributed by atoms with E-state index in [1.807, 2.05) is 0 Å². The molecule has 0 aromatic heterocycles. The number of aryl methyl sites for hydroxylation is 1. The predicted octanol–water partition coefficient (Wildman–Crippen LogP) is 3.63. The summed E-state index contributed by atoms with van der Waals surface area (Å²) in [6.07, 6.45) is -3.23. The van der Waals surface area contributed by atoms with E-state index in [-0.39, 0.29) is 16.3 Å². The molecule has 0 heterocycles. The minimum absolute atomic E-state index is 0.0136. The molecule has 1 aromatic carbocycles. The lowest BCUT2D eigenvalue weighted by Crippen LogP contribution is -2.05. The van der Waals surface area contributed by atoms with Gasteiger partial charge in [-0.05, 0) is 24.6 Å². The number of hydrogen-bond donors (Lipinski definition) is 0. The molecule has 2 nitrogen and oxygen atoms in total. The van der Waals surface area contributed by atoms with Crippen molar-refractivity contribution in [3.63, 3.8) is 0 Å². The van der Waals surface area contributed by atoms with E-state index in [0.717, 1.165) is 12.1 Å². The van der Waals surface area contributed by atoms with Gasteiger partial charge in [-0.25, -0.2) is 4.79 Å². The van der Waals surface area contributed by atoms with E-state index in [2.05, 4.69) is 4.99 Å². The monoisotopic (exact) mass is 235 g/mol. The maximum Gasteiger partial charge on any atom is 0.416 e. The fourth-order valence-corrected chi connectivity index (χ4v) is 1.40. The highest BCUT2D eigenvalue weighted by atomic mass is 35.5. The standard InChI is InChI=1S/C9H5ClF3NO/c1-5-2-6(9(11,12)13)3-7(10)8(5)14-4-15/h2-3H,1H3. The Morgan fingerprint density at radius 1 is 1.40 bits per heavy atom. The van der Waals surface area contributed by atoms with Gasteiger partial charge in [-0.1, -0.05) is 11.6 Å². The van der Waals surface area contributed by atoms with Gasteiger partial charge in [0, 0.05) is 0 Å². The van der Waals surface area contributed by atoms with Crippen LogP contribution in [0.25, 0.3) is 0 Å². The topological polar surface area (TPSA) is 29.4 Å². The second-order valence-corrected chi connectivity index (χ2v) is 3.23. The summed E-state index contributed by atoms with van der Waals surface area (Å²) in [5, 5.41) is -0.217. The Kier molecular flexibility index (Phi) is 3.17. The Bertz CT molecular complexity index is 412. The fourth-order valence-electron chi connectivity index (χ4n) is 1.09. The van der Waals surface area contributed by atoms with Gasteiger partial charge in [-0.3, -0.25) is 0 Å². The molecule has 6 heteroatoms. The molecule has 0 saturated heterocycles. The minimum Gasteiger partial charge on any atom is -0.211 e. The summed E-state index contributed by atoms with van der Waals surface area (Å²) in [5.41, 5.74) is -0.673. The number of aliphatic imine (C=N–C) groups is 1. The minimum atomic E-state index is -4.46. The molecule has 15 heavy (non-hydrogen) atoms. The van der Waals surface area contributed by atoms with Crippen LogP contribution in [0, 0.1) is 6.92 Å². The molecule has 1 aromatic rings. The second kappa shape index (κ2) is 4.04. The van der Waals surface area contributed by atoms with Crippen LogP contribution in [0.4, 0.5) is 18.9 Å². The summed E-state index contributed by atoms with van der Waals surface area (Å²) >= 11 is 5.55. The summed E-state index contributed by atoms with van der Waals surface area (Å²) in [5.74, 6) is 0. The van der Waals surface area contributed by atoms with Gasteiger partial charge in [0.2, 0.25) is 6.08 Å². The molecule has 0 aliphatic heterocycles. The molecule has 0 aliphatic rings. The number of hydrogen-bond acceptors (Lipinski definition) is 2. The van der Waals surface area contributed by atoms with E-state index in [1.165, 1.54) is 13.0 Å². The van der Waals surface area contributed by atoms with Crippen LogP contribution in [0.1, 0.15) is 11.1 Å². The fraction of sp³-hybridized carbons (Fsp3) is 0.222. The van der Waals surface area contributed by atoms with Crippen LogP contribution >= 0.6 is 11.6 Å². The predicted molar refractivity (Wildman–Crippen MR) is 49.0 cm³/mol. The van der Waals surface area contributed by atoms with E-state index < -0.39 is 11.7 Å². The largest absolute Gasteiger partial charge is 0.416 e. The van der Waals surface area contributed by atoms with Crippen LogP contribution in [0.5, 0.6) is 0 Å². The molecule has 0 amide bonds. The van der Waals surface area contributed by atoms with Crippen molar-refractivity contribution in [3.8, 4) is 0 Å². The molecule has 0 unspecified atom stereocenters. The van der Waals surface area contributed by atoms with Gasteiger partial charge < -0.3 is 0 Å². The SMILES string of the molecule is Cc1cc(C(F)(F)F)cc(Cl)c1N=C=O. The maximum atomic E-state index is 12.3. The summed E-state index contributed by atoms with van der Waals surface area (Å²) < 4.78 is 36.9. The quantitative estimate of drug-likeness (QED) is 0.540. The lowest BCUT2D eigenvalue weighted by Gasteiger charge is -2.09. The Labute approximate surface area is 88.4 Å². The zero-order chi connectivity index (χ0) is 11.6. The summed E-state index contributed by atoms with van der Waals surface area (Å²) in [7, 11) is 0. The van der Waals surface area contributed by atoms with Crippen LogP contribution in [-0.4, -0.2) is 6.08 Å². The molecular weight excluding hydrogens is 231 g/mol. The number of halogens is 4. The molecule has 0 N–H and O–H groups in total. The van der Waals surface area contributed by atoms with Gasteiger partial charge in [0.1, 0.15) is 0 Å². The van der Waals surface area contributed by atoms with E-state index in [0.29, 0.717) is 0 Å². The molecule has 0 radical (unpaired) electrons. The van der Waals surface area contributed by atoms with Crippen LogP contribution in [0.15, 0.2) is 17.1 Å². The summed E-state index contributed by atoms with van der Waals surface area (Å²) in [6, 6.07) is 1.60. The van der Waals surface area contributed by atoms with Crippen molar-refractivity contribution < 1.29 is 18.0 Å². The van der Waals surface area contributed by atoms with Crippen molar-refractivity contribution in [2.24, 2.45) is 4.99 Å². The first-order valence-corrected chi connectivity index (χ1v) is 4.19. The number of nitrogens with zero attached hydrogens (tertiary/aromatic N) is 1. The van der Waals surface area contributed by atoms with E-state index >= 15 is 0 Å². The molecule has 0 spiro atoms. The molecule has 1 rings (SSSR count). The Hall–Kier alpha value is -1.32. The third-order valence-corrected chi connectivity index (χ3v) is 2.03. The van der Waals surface area contributed by atoms with Crippen molar-refractivity contribution >= 4 is 23.4 Å².